The van der Waals surface area contributed by atoms with Crippen LogP contribution in [0, 0.1) is 17.2 Å². The van der Waals surface area contributed by atoms with Crippen molar-refractivity contribution >= 4 is 5.91 Å². The van der Waals surface area contributed by atoms with Gasteiger partial charge in [0.05, 0.1) is 6.07 Å². The maximum Gasteiger partial charge on any atom is 0.245 e. The Morgan fingerprint density at radius 3 is 2.58 bits per heavy atom. The molecule has 0 bridgehead atoms. The van der Waals surface area contributed by atoms with Crippen LogP contribution in [0.1, 0.15) is 12.8 Å². The molecule has 0 spiro atoms. The molecule has 0 atom stereocenters. The third-order valence-corrected chi connectivity index (χ3v) is 2.16. The molecule has 0 aliphatic carbocycles. The van der Waals surface area contributed by atoms with Crippen LogP contribution in [0.2, 0.25) is 0 Å². The molecule has 3 heteroatoms. The SMILES string of the molecule is C=CC(=O)N1CCC(C#N)CC1. The van der Waals surface area contributed by atoms with Gasteiger partial charge in [-0.3, -0.25) is 4.79 Å². The van der Waals surface area contributed by atoms with Gasteiger partial charge in [0.15, 0.2) is 0 Å². The molecule has 0 N–H and O–H groups in total. The fourth-order valence-corrected chi connectivity index (χ4v) is 1.36. The summed E-state index contributed by atoms with van der Waals surface area (Å²) in [6, 6.07) is 2.22. The Kier molecular flexibility index (Phi) is 2.87. The number of hydrogen-bond acceptors (Lipinski definition) is 2. The highest BCUT2D eigenvalue weighted by molar-refractivity contribution is 5.87. The van der Waals surface area contributed by atoms with E-state index in [4.69, 9.17) is 5.26 Å². The molecule has 1 rings (SSSR count). The van der Waals surface area contributed by atoms with E-state index in [1.807, 2.05) is 0 Å². The molecule has 0 radical (unpaired) electrons. The maximum absolute atomic E-state index is 11.1. The topological polar surface area (TPSA) is 44.1 Å². The maximum atomic E-state index is 11.1. The fraction of sp³-hybridized carbons (Fsp3) is 0.556. The van der Waals surface area contributed by atoms with E-state index in [0.29, 0.717) is 13.1 Å². The van der Waals surface area contributed by atoms with E-state index in [1.165, 1.54) is 6.08 Å². The van der Waals surface area contributed by atoms with E-state index in [1.54, 1.807) is 4.90 Å². The number of rotatable bonds is 1. The molecule has 3 nitrogen and oxygen atoms in total. The molecule has 0 saturated carbocycles. The predicted octanol–water partition coefficient (Wildman–Crippen LogP) is 0.935. The van der Waals surface area contributed by atoms with Gasteiger partial charge in [0, 0.05) is 19.0 Å². The lowest BCUT2D eigenvalue weighted by Crippen LogP contribution is -2.37. The largest absolute Gasteiger partial charge is 0.339 e. The lowest BCUT2D eigenvalue weighted by atomic mass is 9.99. The van der Waals surface area contributed by atoms with E-state index < -0.39 is 0 Å². The number of nitriles is 1. The zero-order valence-electron chi connectivity index (χ0n) is 6.99. The van der Waals surface area contributed by atoms with Crippen LogP contribution in [0.15, 0.2) is 12.7 Å². The van der Waals surface area contributed by atoms with Crippen LogP contribution in [-0.4, -0.2) is 23.9 Å². The van der Waals surface area contributed by atoms with Crippen LogP contribution in [0.5, 0.6) is 0 Å². The van der Waals surface area contributed by atoms with Gasteiger partial charge in [-0.2, -0.15) is 5.26 Å². The summed E-state index contributed by atoms with van der Waals surface area (Å²) >= 11 is 0. The quantitative estimate of drug-likeness (QED) is 0.541. The van der Waals surface area contributed by atoms with Gasteiger partial charge in [-0.15, -0.1) is 0 Å². The first-order valence-corrected chi connectivity index (χ1v) is 4.09. The second kappa shape index (κ2) is 3.91. The second-order valence-corrected chi connectivity index (χ2v) is 2.93. The van der Waals surface area contributed by atoms with Crippen LogP contribution in [0.25, 0.3) is 0 Å². The Bertz CT molecular complexity index is 221. The van der Waals surface area contributed by atoms with Crippen LogP contribution in [-0.2, 0) is 4.79 Å². The Labute approximate surface area is 72.3 Å². The number of nitrogens with zero attached hydrogens (tertiary/aromatic N) is 2. The van der Waals surface area contributed by atoms with Gasteiger partial charge in [0.1, 0.15) is 0 Å². The lowest BCUT2D eigenvalue weighted by molar-refractivity contribution is -0.127. The fourth-order valence-electron chi connectivity index (χ4n) is 1.36. The third kappa shape index (κ3) is 1.85. The standard InChI is InChI=1S/C9H12N2O/c1-2-9(12)11-5-3-8(7-10)4-6-11/h2,8H,1,3-6H2. The van der Waals surface area contributed by atoms with Crippen molar-refractivity contribution < 1.29 is 4.79 Å². The summed E-state index contributed by atoms with van der Waals surface area (Å²) in [6.45, 7) is 4.81. The normalized spacial score (nSPS) is 18.4. The van der Waals surface area contributed by atoms with Crippen molar-refractivity contribution in [3.05, 3.63) is 12.7 Å². The number of carbonyl (C=O) groups is 1. The minimum absolute atomic E-state index is 0.0219. The minimum atomic E-state index is -0.0219. The first-order chi connectivity index (χ1) is 5.77. The van der Waals surface area contributed by atoms with E-state index in [0.717, 1.165) is 12.8 Å². The molecule has 12 heavy (non-hydrogen) atoms. The average molecular weight is 164 g/mol. The third-order valence-electron chi connectivity index (χ3n) is 2.16. The van der Waals surface area contributed by atoms with Crippen molar-refractivity contribution in [2.75, 3.05) is 13.1 Å². The van der Waals surface area contributed by atoms with Crippen molar-refractivity contribution in [1.29, 1.82) is 5.26 Å². The lowest BCUT2D eigenvalue weighted by Gasteiger charge is -2.27. The molecule has 0 unspecified atom stereocenters. The van der Waals surface area contributed by atoms with E-state index in [-0.39, 0.29) is 11.8 Å². The zero-order valence-corrected chi connectivity index (χ0v) is 6.99. The summed E-state index contributed by atoms with van der Waals surface area (Å²) in [5.41, 5.74) is 0. The highest BCUT2D eigenvalue weighted by atomic mass is 16.2. The van der Waals surface area contributed by atoms with Crippen molar-refractivity contribution in [3.8, 4) is 6.07 Å². The Hall–Kier alpha value is -1.30. The van der Waals surface area contributed by atoms with Gasteiger partial charge in [-0.25, -0.2) is 0 Å². The molecular formula is C9H12N2O. The van der Waals surface area contributed by atoms with Gasteiger partial charge in [-0.05, 0) is 18.9 Å². The van der Waals surface area contributed by atoms with Crippen LogP contribution >= 0.6 is 0 Å². The minimum Gasteiger partial charge on any atom is -0.339 e. The highest BCUT2D eigenvalue weighted by Crippen LogP contribution is 2.15. The summed E-state index contributed by atoms with van der Waals surface area (Å²) in [7, 11) is 0. The van der Waals surface area contributed by atoms with Crippen LogP contribution < -0.4 is 0 Å². The molecule has 1 heterocycles. The van der Waals surface area contributed by atoms with Crippen molar-refractivity contribution in [2.45, 2.75) is 12.8 Å². The number of likely N-dealkylation sites (tertiary alicyclic amines) is 1. The molecule has 0 aromatic carbocycles. The Balaban J connectivity index is 2.41. The average Bonchev–Trinajstić information content (AvgIpc) is 2.17. The Morgan fingerprint density at radius 1 is 1.58 bits per heavy atom. The molecule has 0 aromatic rings. The molecule has 1 amide bonds. The molecule has 1 fully saturated rings. The molecule has 1 saturated heterocycles. The summed E-state index contributed by atoms with van der Waals surface area (Å²) in [6.07, 6.45) is 2.93. The number of piperidine rings is 1. The smallest absolute Gasteiger partial charge is 0.245 e. The van der Waals surface area contributed by atoms with Crippen molar-refractivity contribution in [3.63, 3.8) is 0 Å². The zero-order chi connectivity index (χ0) is 8.97. The Morgan fingerprint density at radius 2 is 2.17 bits per heavy atom. The van der Waals surface area contributed by atoms with E-state index >= 15 is 0 Å². The molecular weight excluding hydrogens is 152 g/mol. The summed E-state index contributed by atoms with van der Waals surface area (Å²) in [4.78, 5) is 12.8. The number of carbonyl (C=O) groups excluding carboxylic acids is 1. The van der Waals surface area contributed by atoms with Crippen molar-refractivity contribution in [1.82, 2.24) is 4.90 Å². The van der Waals surface area contributed by atoms with E-state index in [2.05, 4.69) is 12.6 Å². The predicted molar refractivity (Wildman–Crippen MR) is 45.1 cm³/mol. The van der Waals surface area contributed by atoms with Gasteiger partial charge < -0.3 is 4.90 Å². The second-order valence-electron chi connectivity index (χ2n) is 2.93. The molecule has 64 valence electrons. The van der Waals surface area contributed by atoms with Gasteiger partial charge >= 0.3 is 0 Å². The van der Waals surface area contributed by atoms with Crippen LogP contribution in [0.4, 0.5) is 0 Å². The van der Waals surface area contributed by atoms with E-state index in [9.17, 15) is 4.79 Å². The van der Waals surface area contributed by atoms with Crippen molar-refractivity contribution in [2.24, 2.45) is 5.92 Å². The summed E-state index contributed by atoms with van der Waals surface area (Å²) in [5, 5.41) is 8.60. The van der Waals surface area contributed by atoms with Gasteiger partial charge in [0.2, 0.25) is 5.91 Å². The molecule has 1 aliphatic rings. The molecule has 1 aliphatic heterocycles. The number of amides is 1. The molecule has 0 aromatic heterocycles. The van der Waals surface area contributed by atoms with Gasteiger partial charge in [-0.1, -0.05) is 6.58 Å². The van der Waals surface area contributed by atoms with Gasteiger partial charge in [0.25, 0.3) is 0 Å². The number of hydrogen-bond donors (Lipinski definition) is 0. The highest BCUT2D eigenvalue weighted by Gasteiger charge is 2.20. The summed E-state index contributed by atoms with van der Waals surface area (Å²) < 4.78 is 0. The van der Waals surface area contributed by atoms with Crippen LogP contribution in [0.3, 0.4) is 0 Å². The first kappa shape index (κ1) is 8.79. The monoisotopic (exact) mass is 164 g/mol. The summed E-state index contributed by atoms with van der Waals surface area (Å²) in [5.74, 6) is 0.116. The first-order valence-electron chi connectivity index (χ1n) is 4.09.